The average molecular weight is 483 g/mol. The van der Waals surface area contributed by atoms with E-state index in [-0.39, 0.29) is 24.0 Å². The molecule has 5 rings (SSSR count). The first kappa shape index (κ1) is 16.9. The van der Waals surface area contributed by atoms with Crippen LogP contribution >= 0.6 is 23.1 Å². The molecule has 0 amide bonds. The van der Waals surface area contributed by atoms with Crippen LogP contribution in [0.1, 0.15) is 0 Å². The van der Waals surface area contributed by atoms with Crippen molar-refractivity contribution in [1.29, 1.82) is 0 Å². The summed E-state index contributed by atoms with van der Waals surface area (Å²) in [6.45, 7) is 0.771. The molecular weight excluding hydrogens is 469 g/mol. The second-order valence-electron chi connectivity index (χ2n) is 5.55. The molecule has 128 valence electrons. The number of fused-ring (bicyclic) bond motifs is 6. The lowest BCUT2D eigenvalue weighted by Gasteiger charge is -2.17. The van der Waals surface area contributed by atoms with Crippen LogP contribution in [0.15, 0.2) is 46.3 Å². The van der Waals surface area contributed by atoms with Gasteiger partial charge in [0.05, 0.1) is 24.6 Å². The van der Waals surface area contributed by atoms with Crippen LogP contribution < -0.4 is 42.9 Å². The molecule has 0 spiro atoms. The zero-order chi connectivity index (χ0) is 16.3. The van der Waals surface area contributed by atoms with Crippen LogP contribution in [0.25, 0.3) is 10.2 Å². The van der Waals surface area contributed by atoms with E-state index in [0.29, 0.717) is 0 Å². The van der Waals surface area contributed by atoms with Crippen molar-refractivity contribution in [1.82, 2.24) is 0 Å². The van der Waals surface area contributed by atoms with Gasteiger partial charge in [0, 0.05) is 11.0 Å². The van der Waals surface area contributed by atoms with Crippen molar-refractivity contribution in [2.24, 2.45) is 4.99 Å². The third-order valence-electron chi connectivity index (χ3n) is 4.25. The largest absolute Gasteiger partial charge is 1.00 e. The van der Waals surface area contributed by atoms with Gasteiger partial charge < -0.3 is 33.5 Å². The summed E-state index contributed by atoms with van der Waals surface area (Å²) in [7, 11) is 3.39. The van der Waals surface area contributed by atoms with Gasteiger partial charge in [0.15, 0.2) is 6.67 Å². The molecule has 0 aliphatic carbocycles. The second-order valence-corrected chi connectivity index (χ2v) is 7.56. The summed E-state index contributed by atoms with van der Waals surface area (Å²) in [4.78, 5) is 8.32. The minimum Gasteiger partial charge on any atom is -1.00 e. The maximum atomic E-state index is 5.33. The smallest absolute Gasteiger partial charge is 0.387 e. The Morgan fingerprint density at radius 3 is 2.64 bits per heavy atom. The molecule has 0 fully saturated rings. The third-order valence-corrected chi connectivity index (χ3v) is 6.34. The van der Waals surface area contributed by atoms with Gasteiger partial charge in [0.1, 0.15) is 17.0 Å². The molecule has 0 bridgehead atoms. The van der Waals surface area contributed by atoms with Crippen molar-refractivity contribution in [3.63, 3.8) is 0 Å². The minimum atomic E-state index is 0. The van der Waals surface area contributed by atoms with Crippen molar-refractivity contribution < 1.29 is 38.0 Å². The first-order chi connectivity index (χ1) is 11.8. The first-order valence-electron chi connectivity index (χ1n) is 7.49. The second kappa shape index (κ2) is 6.33. The molecule has 2 aliphatic heterocycles. The van der Waals surface area contributed by atoms with Gasteiger partial charge in [-0.25, -0.2) is 0 Å². The lowest BCUT2D eigenvalue weighted by atomic mass is 10.3. The number of benzene rings is 2. The Labute approximate surface area is 170 Å². The van der Waals surface area contributed by atoms with Crippen molar-refractivity contribution in [3.05, 3.63) is 36.4 Å². The number of aliphatic imine (C=N–C) groups is 1. The maximum Gasteiger partial charge on any atom is 0.387 e. The summed E-state index contributed by atoms with van der Waals surface area (Å²) in [5, 5.41) is 2.05. The Bertz CT molecular complexity index is 1020. The molecule has 1 aromatic heterocycles. The number of ether oxygens (including phenoxy) is 2. The highest BCUT2D eigenvalue weighted by Gasteiger charge is 2.38. The monoisotopic (exact) mass is 483 g/mol. The molecule has 0 radical (unpaired) electrons. The molecule has 8 heteroatoms. The van der Waals surface area contributed by atoms with E-state index in [2.05, 4.69) is 33.7 Å². The number of amidine groups is 1. The molecule has 0 saturated heterocycles. The summed E-state index contributed by atoms with van der Waals surface area (Å²) in [6.07, 6.45) is 0. The maximum absolute atomic E-state index is 5.33. The molecule has 0 N–H and O–H groups in total. The predicted octanol–water partition coefficient (Wildman–Crippen LogP) is 0.781. The Morgan fingerprint density at radius 2 is 1.84 bits per heavy atom. The summed E-state index contributed by atoms with van der Waals surface area (Å²) < 4.78 is 14.1. The lowest BCUT2D eigenvalue weighted by molar-refractivity contribution is -0.653. The molecule has 25 heavy (non-hydrogen) atoms. The summed E-state index contributed by atoms with van der Waals surface area (Å²) in [5.41, 5.74) is 2.37. The van der Waals surface area contributed by atoms with E-state index < -0.39 is 0 Å². The van der Waals surface area contributed by atoms with Gasteiger partial charge in [-0.2, -0.15) is 4.57 Å². The zero-order valence-corrected chi connectivity index (χ0v) is 17.3. The van der Waals surface area contributed by atoms with E-state index in [0.717, 1.165) is 28.5 Å². The zero-order valence-electron chi connectivity index (χ0n) is 13.5. The van der Waals surface area contributed by atoms with Crippen LogP contribution in [0.4, 0.5) is 10.8 Å². The highest BCUT2D eigenvalue weighted by Crippen LogP contribution is 2.45. The highest BCUT2D eigenvalue weighted by atomic mass is 127. The Hall–Kier alpha value is -1.52. The van der Waals surface area contributed by atoms with Crippen LogP contribution in [0.5, 0.6) is 11.5 Å². The Balaban J connectivity index is 0.00000157. The normalized spacial score (nSPS) is 14.3. The molecule has 5 nitrogen and oxygen atoms in total. The number of hydrogen-bond donors (Lipinski definition) is 0. The van der Waals surface area contributed by atoms with E-state index in [1.165, 1.54) is 20.8 Å². The Morgan fingerprint density at radius 1 is 1.08 bits per heavy atom. The molecule has 0 saturated carbocycles. The van der Waals surface area contributed by atoms with Gasteiger partial charge in [0.25, 0.3) is 5.17 Å². The quantitative estimate of drug-likeness (QED) is 0.399. The first-order valence-corrected chi connectivity index (χ1v) is 9.12. The number of halogens is 1. The third kappa shape index (κ3) is 2.58. The van der Waals surface area contributed by atoms with Crippen LogP contribution in [-0.4, -0.2) is 19.4 Å². The fourth-order valence-corrected chi connectivity index (χ4v) is 5.19. The number of hydrogen-bond acceptors (Lipinski definition) is 6. The fourth-order valence-electron chi connectivity index (χ4n) is 3.03. The van der Waals surface area contributed by atoms with Crippen molar-refractivity contribution in [3.8, 4) is 11.5 Å². The van der Waals surface area contributed by atoms with Gasteiger partial charge in [-0.3, -0.25) is 4.90 Å². The topological polar surface area (TPSA) is 37.9 Å². The number of anilines is 1. The molecule has 0 atom stereocenters. The minimum absolute atomic E-state index is 0. The highest BCUT2D eigenvalue weighted by molar-refractivity contribution is 8.14. The van der Waals surface area contributed by atoms with E-state index in [1.54, 1.807) is 37.3 Å². The van der Waals surface area contributed by atoms with Crippen molar-refractivity contribution in [2.45, 2.75) is 11.6 Å². The molecule has 3 heterocycles. The summed E-state index contributed by atoms with van der Waals surface area (Å²) >= 11 is 3.39. The van der Waals surface area contributed by atoms with Gasteiger partial charge in [-0.15, -0.1) is 0 Å². The Kier molecular flexibility index (Phi) is 4.28. The van der Waals surface area contributed by atoms with Crippen LogP contribution in [0, 0.1) is 0 Å². The van der Waals surface area contributed by atoms with E-state index in [1.807, 2.05) is 12.1 Å². The molecule has 0 unspecified atom stereocenters. The average Bonchev–Trinajstić information content (AvgIpc) is 3.15. The molecule has 2 aromatic carbocycles. The van der Waals surface area contributed by atoms with Crippen molar-refractivity contribution >= 4 is 49.3 Å². The van der Waals surface area contributed by atoms with Gasteiger partial charge >= 0.3 is 5.13 Å². The number of methoxy groups -OCH3 is 2. The number of aromatic nitrogens is 1. The number of nitrogens with zero attached hydrogens (tertiary/aromatic N) is 3. The van der Waals surface area contributed by atoms with E-state index >= 15 is 0 Å². The predicted molar refractivity (Wildman–Crippen MR) is 97.0 cm³/mol. The fraction of sp³-hybridized carbons (Fsp3) is 0.176. The van der Waals surface area contributed by atoms with Crippen LogP contribution in [0.2, 0.25) is 0 Å². The lowest BCUT2D eigenvalue weighted by Crippen LogP contribution is -3.00. The van der Waals surface area contributed by atoms with Crippen molar-refractivity contribution in [2.75, 3.05) is 19.1 Å². The number of thiazole rings is 1. The SMILES string of the molecule is COc1ccc2c(c1)SC1=Nc3sc4cc(OC)ccc4[n+]3CN12.[I-]. The molecular formula is C17H14IN3O2S2. The molecule has 2 aliphatic rings. The van der Waals surface area contributed by atoms with Gasteiger partial charge in [-0.1, -0.05) is 0 Å². The van der Waals surface area contributed by atoms with Crippen LogP contribution in [-0.2, 0) is 6.67 Å². The van der Waals surface area contributed by atoms with E-state index in [9.17, 15) is 0 Å². The van der Waals surface area contributed by atoms with Crippen LogP contribution in [0.3, 0.4) is 0 Å². The number of rotatable bonds is 2. The summed E-state index contributed by atoms with van der Waals surface area (Å²) in [5.74, 6) is 1.75. The number of thioether (sulfide) groups is 1. The van der Waals surface area contributed by atoms with E-state index in [4.69, 9.17) is 14.5 Å². The van der Waals surface area contributed by atoms with Gasteiger partial charge in [-0.05, 0) is 58.4 Å². The molecule has 3 aromatic rings. The summed E-state index contributed by atoms with van der Waals surface area (Å²) in [6, 6.07) is 12.4. The van der Waals surface area contributed by atoms with Gasteiger partial charge in [0.2, 0.25) is 0 Å². The standard InChI is InChI=1S/C17H14N3O2S2.HI/c1-21-10-3-5-12-14(7-10)23-16-18-17-20(9-19(12)16)13-6-4-11(22-2)8-15(13)24-17;/h3-8H,9H2,1-2H3;1H/q+1;/p-1.